The molecule has 26 heavy (non-hydrogen) atoms. The van der Waals surface area contributed by atoms with Gasteiger partial charge in [0.25, 0.3) is 0 Å². The second kappa shape index (κ2) is 7.79. The zero-order valence-corrected chi connectivity index (χ0v) is 14.3. The Morgan fingerprint density at radius 3 is 2.35 bits per heavy atom. The molecule has 1 saturated heterocycles. The molecule has 0 spiro atoms. The van der Waals surface area contributed by atoms with Crippen molar-refractivity contribution in [3.8, 4) is 6.07 Å². The van der Waals surface area contributed by atoms with Crippen LogP contribution in [0.1, 0.15) is 23.1 Å². The minimum absolute atomic E-state index is 0.302. The Labute approximate surface area is 151 Å². The number of nitrogens with zero attached hydrogens (tertiary/aromatic N) is 3. The average Bonchev–Trinajstić information content (AvgIpc) is 2.87. The Bertz CT molecular complexity index is 778. The van der Waals surface area contributed by atoms with Gasteiger partial charge >= 0.3 is 6.18 Å². The van der Waals surface area contributed by atoms with Crippen LogP contribution < -0.4 is 4.90 Å². The predicted molar refractivity (Wildman–Crippen MR) is 94.7 cm³/mol. The SMILES string of the molecule is N#Cc1ccc(N2CCCN(Cc3ccccc3C(F)(F)F)CC2)cc1. The summed E-state index contributed by atoms with van der Waals surface area (Å²) in [7, 11) is 0. The highest BCUT2D eigenvalue weighted by Gasteiger charge is 2.33. The highest BCUT2D eigenvalue weighted by molar-refractivity contribution is 5.49. The lowest BCUT2D eigenvalue weighted by atomic mass is 10.1. The molecule has 0 atom stereocenters. The number of alkyl halides is 3. The van der Waals surface area contributed by atoms with E-state index in [-0.39, 0.29) is 0 Å². The summed E-state index contributed by atoms with van der Waals surface area (Å²) in [6.07, 6.45) is -3.44. The summed E-state index contributed by atoms with van der Waals surface area (Å²) in [5, 5.41) is 8.89. The van der Waals surface area contributed by atoms with Crippen LogP contribution in [0.25, 0.3) is 0 Å². The van der Waals surface area contributed by atoms with E-state index in [4.69, 9.17) is 5.26 Å². The van der Waals surface area contributed by atoms with Gasteiger partial charge in [-0.05, 0) is 42.3 Å². The summed E-state index contributed by atoms with van der Waals surface area (Å²) in [6, 6.07) is 15.3. The summed E-state index contributed by atoms with van der Waals surface area (Å²) >= 11 is 0. The maximum atomic E-state index is 13.2. The minimum atomic E-state index is -4.32. The van der Waals surface area contributed by atoms with Gasteiger partial charge in [-0.2, -0.15) is 18.4 Å². The van der Waals surface area contributed by atoms with Crippen molar-refractivity contribution in [2.75, 3.05) is 31.1 Å². The number of nitriles is 1. The van der Waals surface area contributed by atoms with Gasteiger partial charge in [-0.1, -0.05) is 18.2 Å². The van der Waals surface area contributed by atoms with E-state index in [0.29, 0.717) is 24.2 Å². The predicted octanol–water partition coefficient (Wildman–Crippen LogP) is 4.29. The molecule has 0 N–H and O–H groups in total. The number of hydrogen-bond donors (Lipinski definition) is 0. The maximum absolute atomic E-state index is 13.2. The smallest absolute Gasteiger partial charge is 0.370 e. The van der Waals surface area contributed by atoms with E-state index in [9.17, 15) is 13.2 Å². The Morgan fingerprint density at radius 2 is 1.65 bits per heavy atom. The first-order valence-corrected chi connectivity index (χ1v) is 8.60. The van der Waals surface area contributed by atoms with Crippen LogP contribution in [-0.2, 0) is 12.7 Å². The standard InChI is InChI=1S/C20H20F3N3/c21-20(22,23)19-5-2-1-4-17(19)15-25-10-3-11-26(13-12-25)18-8-6-16(14-24)7-9-18/h1-2,4-9H,3,10-13,15H2. The van der Waals surface area contributed by atoms with Crippen molar-refractivity contribution in [1.29, 1.82) is 5.26 Å². The lowest BCUT2D eigenvalue weighted by Gasteiger charge is -2.24. The van der Waals surface area contributed by atoms with Gasteiger partial charge < -0.3 is 4.90 Å². The highest BCUT2D eigenvalue weighted by atomic mass is 19.4. The van der Waals surface area contributed by atoms with Gasteiger partial charge in [-0.25, -0.2) is 0 Å². The van der Waals surface area contributed by atoms with Crippen molar-refractivity contribution in [1.82, 2.24) is 4.90 Å². The topological polar surface area (TPSA) is 30.3 Å². The Kier molecular flexibility index (Phi) is 5.48. The Morgan fingerprint density at radius 1 is 0.923 bits per heavy atom. The molecule has 136 valence electrons. The van der Waals surface area contributed by atoms with E-state index in [2.05, 4.69) is 15.9 Å². The molecule has 0 aliphatic carbocycles. The van der Waals surface area contributed by atoms with Gasteiger partial charge in [0.15, 0.2) is 0 Å². The summed E-state index contributed by atoms with van der Waals surface area (Å²) < 4.78 is 39.5. The van der Waals surface area contributed by atoms with Gasteiger partial charge in [-0.15, -0.1) is 0 Å². The molecule has 3 nitrogen and oxygen atoms in total. The van der Waals surface area contributed by atoms with Gasteiger partial charge in [0.05, 0.1) is 17.2 Å². The zero-order valence-electron chi connectivity index (χ0n) is 14.3. The first-order chi connectivity index (χ1) is 12.5. The molecular weight excluding hydrogens is 339 g/mol. The lowest BCUT2D eigenvalue weighted by molar-refractivity contribution is -0.138. The molecular formula is C20H20F3N3. The fourth-order valence-electron chi connectivity index (χ4n) is 3.31. The van der Waals surface area contributed by atoms with Crippen LogP contribution in [-0.4, -0.2) is 31.1 Å². The number of benzene rings is 2. The third kappa shape index (κ3) is 4.36. The zero-order chi connectivity index (χ0) is 18.6. The molecule has 1 aliphatic rings. The number of rotatable bonds is 3. The molecule has 1 heterocycles. The summed E-state index contributed by atoms with van der Waals surface area (Å²) in [5.41, 5.74) is 1.44. The van der Waals surface area contributed by atoms with E-state index < -0.39 is 11.7 Å². The van der Waals surface area contributed by atoms with Crippen molar-refractivity contribution in [3.05, 3.63) is 65.2 Å². The van der Waals surface area contributed by atoms with E-state index in [1.54, 1.807) is 24.3 Å². The normalized spacial score (nSPS) is 16.2. The molecule has 1 fully saturated rings. The molecule has 0 radical (unpaired) electrons. The van der Waals surface area contributed by atoms with Crippen molar-refractivity contribution in [2.45, 2.75) is 19.1 Å². The largest absolute Gasteiger partial charge is 0.416 e. The molecule has 2 aromatic rings. The fourth-order valence-corrected chi connectivity index (χ4v) is 3.31. The second-order valence-corrected chi connectivity index (χ2v) is 6.43. The van der Waals surface area contributed by atoms with E-state index >= 15 is 0 Å². The Hall–Kier alpha value is -2.52. The van der Waals surface area contributed by atoms with Crippen LogP contribution in [0.15, 0.2) is 48.5 Å². The van der Waals surface area contributed by atoms with Crippen LogP contribution >= 0.6 is 0 Å². The number of anilines is 1. The summed E-state index contributed by atoms with van der Waals surface area (Å²) in [4.78, 5) is 4.30. The van der Waals surface area contributed by atoms with Gasteiger partial charge in [0, 0.05) is 38.4 Å². The van der Waals surface area contributed by atoms with E-state index in [1.165, 1.54) is 6.07 Å². The lowest BCUT2D eigenvalue weighted by Crippen LogP contribution is -2.31. The molecule has 2 aromatic carbocycles. The van der Waals surface area contributed by atoms with Crippen molar-refractivity contribution in [3.63, 3.8) is 0 Å². The van der Waals surface area contributed by atoms with Crippen LogP contribution in [0.2, 0.25) is 0 Å². The molecule has 0 amide bonds. The second-order valence-electron chi connectivity index (χ2n) is 6.43. The summed E-state index contributed by atoms with van der Waals surface area (Å²) in [6.45, 7) is 3.37. The third-order valence-corrected chi connectivity index (χ3v) is 4.67. The van der Waals surface area contributed by atoms with Crippen molar-refractivity contribution in [2.24, 2.45) is 0 Å². The van der Waals surface area contributed by atoms with E-state index in [0.717, 1.165) is 37.8 Å². The molecule has 0 aromatic heterocycles. The minimum Gasteiger partial charge on any atom is -0.370 e. The Balaban J connectivity index is 1.67. The average molecular weight is 359 g/mol. The quantitative estimate of drug-likeness (QED) is 0.819. The van der Waals surface area contributed by atoms with E-state index in [1.807, 2.05) is 12.1 Å². The van der Waals surface area contributed by atoms with Crippen LogP contribution in [0.4, 0.5) is 18.9 Å². The van der Waals surface area contributed by atoms with Crippen LogP contribution in [0, 0.1) is 11.3 Å². The monoisotopic (exact) mass is 359 g/mol. The van der Waals surface area contributed by atoms with Gasteiger partial charge in [0.1, 0.15) is 0 Å². The first kappa shape index (κ1) is 18.3. The van der Waals surface area contributed by atoms with Crippen molar-refractivity contribution < 1.29 is 13.2 Å². The molecule has 1 aliphatic heterocycles. The molecule has 0 saturated carbocycles. The third-order valence-electron chi connectivity index (χ3n) is 4.67. The highest BCUT2D eigenvalue weighted by Crippen LogP contribution is 2.32. The van der Waals surface area contributed by atoms with Crippen molar-refractivity contribution >= 4 is 5.69 Å². The number of hydrogen-bond acceptors (Lipinski definition) is 3. The maximum Gasteiger partial charge on any atom is 0.416 e. The summed E-state index contributed by atoms with van der Waals surface area (Å²) in [5.74, 6) is 0. The fraction of sp³-hybridized carbons (Fsp3) is 0.350. The molecule has 6 heteroatoms. The molecule has 3 rings (SSSR count). The molecule has 0 unspecified atom stereocenters. The number of halogens is 3. The van der Waals surface area contributed by atoms with Gasteiger partial charge in [0.2, 0.25) is 0 Å². The van der Waals surface area contributed by atoms with Gasteiger partial charge in [-0.3, -0.25) is 4.90 Å². The van der Waals surface area contributed by atoms with Crippen LogP contribution in [0.3, 0.4) is 0 Å². The molecule has 0 bridgehead atoms. The first-order valence-electron chi connectivity index (χ1n) is 8.60. The van der Waals surface area contributed by atoms with Crippen LogP contribution in [0.5, 0.6) is 0 Å².